The van der Waals surface area contributed by atoms with Crippen molar-refractivity contribution in [2.75, 3.05) is 20.7 Å². The van der Waals surface area contributed by atoms with Crippen molar-refractivity contribution >= 4 is 5.78 Å². The van der Waals surface area contributed by atoms with Gasteiger partial charge < -0.3 is 14.4 Å². The Labute approximate surface area is 136 Å². The Hall–Kier alpha value is -1.55. The molecule has 4 atom stereocenters. The smallest absolute Gasteiger partial charge is 0.173 e. The first-order valence-electron chi connectivity index (χ1n) is 8.72. The molecule has 0 amide bonds. The zero-order valence-corrected chi connectivity index (χ0v) is 13.8. The lowest BCUT2D eigenvalue weighted by molar-refractivity contribution is -0.126. The number of benzene rings is 1. The molecule has 1 aromatic rings. The summed E-state index contributed by atoms with van der Waals surface area (Å²) in [6.07, 6.45) is 4.69. The summed E-state index contributed by atoms with van der Waals surface area (Å²) < 4.78 is 11.7. The fourth-order valence-electron chi connectivity index (χ4n) is 5.79. The number of carbonyl (C=O) groups excluding carboxylic acids is 1. The molecule has 1 unspecified atom stereocenters. The SMILES string of the molecule is COc1ccc2c3c1O[C@H]1C(=O)CCC[C@@H]4N(C)CC4(C2)C[C@H]31. The van der Waals surface area contributed by atoms with E-state index in [-0.39, 0.29) is 17.8 Å². The van der Waals surface area contributed by atoms with Crippen LogP contribution in [-0.4, -0.2) is 43.5 Å². The molecule has 1 saturated heterocycles. The molecule has 0 N–H and O–H groups in total. The third-order valence-electron chi connectivity index (χ3n) is 6.64. The fourth-order valence-corrected chi connectivity index (χ4v) is 5.79. The van der Waals surface area contributed by atoms with Crippen LogP contribution in [0.5, 0.6) is 11.5 Å². The van der Waals surface area contributed by atoms with Gasteiger partial charge in [-0.1, -0.05) is 6.07 Å². The van der Waals surface area contributed by atoms with Crippen LogP contribution >= 0.6 is 0 Å². The van der Waals surface area contributed by atoms with Crippen molar-refractivity contribution in [3.05, 3.63) is 23.3 Å². The molecule has 1 spiro atoms. The molecule has 5 rings (SSSR count). The van der Waals surface area contributed by atoms with Crippen molar-refractivity contribution in [2.45, 2.75) is 50.2 Å². The van der Waals surface area contributed by atoms with E-state index in [9.17, 15) is 4.79 Å². The van der Waals surface area contributed by atoms with Crippen LogP contribution in [0.3, 0.4) is 0 Å². The van der Waals surface area contributed by atoms with E-state index in [1.807, 2.05) is 6.07 Å². The number of Topliss-reactive ketones (excluding diaryl/α,β-unsaturated/α-hetero) is 1. The lowest BCUT2D eigenvalue weighted by Crippen LogP contribution is -2.65. The quantitative estimate of drug-likeness (QED) is 0.799. The average molecular weight is 313 g/mol. The summed E-state index contributed by atoms with van der Waals surface area (Å²) in [5, 5.41) is 0. The molecule has 1 saturated carbocycles. The van der Waals surface area contributed by atoms with Gasteiger partial charge in [0.1, 0.15) is 0 Å². The largest absolute Gasteiger partial charge is 0.493 e. The maximum Gasteiger partial charge on any atom is 0.173 e. The van der Waals surface area contributed by atoms with Gasteiger partial charge in [0, 0.05) is 35.9 Å². The molecule has 23 heavy (non-hydrogen) atoms. The van der Waals surface area contributed by atoms with E-state index in [1.54, 1.807) is 7.11 Å². The second-order valence-electron chi connectivity index (χ2n) is 7.85. The van der Waals surface area contributed by atoms with Crippen LogP contribution in [0.25, 0.3) is 0 Å². The number of ketones is 1. The zero-order valence-electron chi connectivity index (χ0n) is 13.8. The van der Waals surface area contributed by atoms with Crippen molar-refractivity contribution in [3.8, 4) is 11.5 Å². The van der Waals surface area contributed by atoms with Gasteiger partial charge >= 0.3 is 0 Å². The summed E-state index contributed by atoms with van der Waals surface area (Å²) in [6, 6.07) is 4.84. The third-order valence-corrected chi connectivity index (χ3v) is 6.64. The lowest BCUT2D eigenvalue weighted by atomic mass is 9.58. The molecule has 2 bridgehead atoms. The van der Waals surface area contributed by atoms with E-state index in [2.05, 4.69) is 18.0 Å². The Kier molecular flexibility index (Phi) is 2.71. The van der Waals surface area contributed by atoms with Crippen molar-refractivity contribution < 1.29 is 14.3 Å². The van der Waals surface area contributed by atoms with Gasteiger partial charge in [0.05, 0.1) is 7.11 Å². The topological polar surface area (TPSA) is 38.8 Å². The van der Waals surface area contributed by atoms with Gasteiger partial charge in [0.15, 0.2) is 23.4 Å². The van der Waals surface area contributed by atoms with Crippen molar-refractivity contribution in [1.82, 2.24) is 4.90 Å². The summed E-state index contributed by atoms with van der Waals surface area (Å²) in [5.74, 6) is 2.12. The van der Waals surface area contributed by atoms with Gasteiger partial charge in [-0.2, -0.15) is 0 Å². The van der Waals surface area contributed by atoms with Gasteiger partial charge in [0.25, 0.3) is 0 Å². The Morgan fingerprint density at radius 3 is 3.04 bits per heavy atom. The minimum atomic E-state index is -0.290. The first kappa shape index (κ1) is 13.8. The van der Waals surface area contributed by atoms with Gasteiger partial charge in [-0.3, -0.25) is 4.79 Å². The summed E-state index contributed by atoms with van der Waals surface area (Å²) >= 11 is 0. The first-order chi connectivity index (χ1) is 11.1. The van der Waals surface area contributed by atoms with E-state index in [0.717, 1.165) is 43.7 Å². The van der Waals surface area contributed by atoms with Crippen LogP contribution in [0.4, 0.5) is 0 Å². The minimum Gasteiger partial charge on any atom is -0.493 e. The molecule has 122 valence electrons. The highest BCUT2D eigenvalue weighted by Gasteiger charge is 2.58. The highest BCUT2D eigenvalue weighted by molar-refractivity contribution is 5.86. The molecule has 1 aromatic carbocycles. The first-order valence-corrected chi connectivity index (χ1v) is 8.72. The number of rotatable bonds is 1. The molecule has 4 heteroatoms. The number of carbonyl (C=O) groups is 1. The van der Waals surface area contributed by atoms with Gasteiger partial charge in [-0.15, -0.1) is 0 Å². The Morgan fingerprint density at radius 1 is 1.39 bits per heavy atom. The third kappa shape index (κ3) is 1.68. The predicted molar refractivity (Wildman–Crippen MR) is 86.2 cm³/mol. The Balaban J connectivity index is 1.68. The maximum atomic E-state index is 12.7. The normalized spacial score (nSPS) is 37.8. The van der Waals surface area contributed by atoms with E-state index >= 15 is 0 Å². The second kappa shape index (κ2) is 4.50. The molecule has 2 heterocycles. The summed E-state index contributed by atoms with van der Waals surface area (Å²) in [7, 11) is 3.91. The minimum absolute atomic E-state index is 0.227. The molecule has 0 aromatic heterocycles. The number of ether oxygens (including phenoxy) is 2. The van der Waals surface area contributed by atoms with E-state index in [1.165, 1.54) is 11.1 Å². The summed E-state index contributed by atoms with van der Waals surface area (Å²) in [6.45, 7) is 1.15. The molecule has 4 aliphatic rings. The van der Waals surface area contributed by atoms with Crippen molar-refractivity contribution in [3.63, 3.8) is 0 Å². The highest BCUT2D eigenvalue weighted by Crippen LogP contribution is 2.60. The number of methoxy groups -OCH3 is 1. The highest BCUT2D eigenvalue weighted by atomic mass is 16.5. The predicted octanol–water partition coefficient (Wildman–Crippen LogP) is 2.54. The fraction of sp³-hybridized carbons (Fsp3) is 0.632. The van der Waals surface area contributed by atoms with Crippen LogP contribution in [0.1, 0.15) is 42.7 Å². The number of nitrogens with zero attached hydrogens (tertiary/aromatic N) is 1. The van der Waals surface area contributed by atoms with Gasteiger partial charge in [-0.25, -0.2) is 0 Å². The molecular formula is C19H23NO3. The van der Waals surface area contributed by atoms with Crippen LogP contribution in [0.2, 0.25) is 0 Å². The molecular weight excluding hydrogens is 290 g/mol. The zero-order chi connectivity index (χ0) is 15.8. The van der Waals surface area contributed by atoms with E-state index in [4.69, 9.17) is 9.47 Å². The summed E-state index contributed by atoms with van der Waals surface area (Å²) in [5.41, 5.74) is 2.99. The standard InChI is InChI=1S/C19H23NO3/c1-20-10-19-8-11-6-7-14(22-2)18-16(11)12(9-19)17(23-18)13(21)4-3-5-15(19)20/h6-7,12,15,17H,3-5,8-10H2,1-2H3/t12-,15+,17-,19?/m1/s1. The van der Waals surface area contributed by atoms with Crippen LogP contribution in [0, 0.1) is 5.41 Å². The lowest BCUT2D eigenvalue weighted by Gasteiger charge is -2.59. The summed E-state index contributed by atoms with van der Waals surface area (Å²) in [4.78, 5) is 15.2. The second-order valence-corrected chi connectivity index (χ2v) is 7.85. The number of hydrogen-bond acceptors (Lipinski definition) is 4. The van der Waals surface area contributed by atoms with Crippen LogP contribution in [-0.2, 0) is 11.2 Å². The van der Waals surface area contributed by atoms with Crippen molar-refractivity contribution in [2.24, 2.45) is 5.41 Å². The molecule has 4 nitrogen and oxygen atoms in total. The van der Waals surface area contributed by atoms with Gasteiger partial charge in [0.2, 0.25) is 0 Å². The van der Waals surface area contributed by atoms with Gasteiger partial charge in [-0.05, 0) is 44.4 Å². The Morgan fingerprint density at radius 2 is 2.26 bits per heavy atom. The van der Waals surface area contributed by atoms with E-state index in [0.29, 0.717) is 17.9 Å². The monoisotopic (exact) mass is 313 g/mol. The number of likely N-dealkylation sites (tertiary alicyclic amines) is 1. The molecule has 2 aliphatic heterocycles. The maximum absolute atomic E-state index is 12.7. The van der Waals surface area contributed by atoms with Crippen LogP contribution in [0.15, 0.2) is 12.1 Å². The molecule has 2 aliphatic carbocycles. The molecule has 2 fully saturated rings. The van der Waals surface area contributed by atoms with Crippen LogP contribution < -0.4 is 9.47 Å². The Bertz CT molecular complexity index is 700. The molecule has 0 radical (unpaired) electrons. The average Bonchev–Trinajstić information content (AvgIpc) is 2.92. The van der Waals surface area contributed by atoms with E-state index < -0.39 is 0 Å². The number of hydrogen-bond donors (Lipinski definition) is 0. The van der Waals surface area contributed by atoms with Crippen molar-refractivity contribution in [1.29, 1.82) is 0 Å².